The molecule has 100 valence electrons. The van der Waals surface area contributed by atoms with Crippen molar-refractivity contribution in [1.82, 2.24) is 10.3 Å². The third-order valence-electron chi connectivity index (χ3n) is 2.42. The van der Waals surface area contributed by atoms with Crippen LogP contribution in [0.25, 0.3) is 0 Å². The van der Waals surface area contributed by atoms with Crippen molar-refractivity contribution in [3.8, 4) is 0 Å². The molecule has 0 aliphatic carbocycles. The van der Waals surface area contributed by atoms with Gasteiger partial charge in [-0.25, -0.2) is 13.8 Å². The summed E-state index contributed by atoms with van der Waals surface area (Å²) in [6, 6.07) is 1.58. The van der Waals surface area contributed by atoms with Crippen LogP contribution in [0.4, 0.5) is 14.5 Å². The fourth-order valence-corrected chi connectivity index (χ4v) is 2.22. The number of hydrogen-bond donors (Lipinski definition) is 2. The Bertz CT molecular complexity index is 627. The van der Waals surface area contributed by atoms with Crippen LogP contribution in [0.2, 0.25) is 0 Å². The normalized spacial score (nSPS) is 10.5. The maximum atomic E-state index is 13.4. The number of rotatable bonds is 3. The fraction of sp³-hybridized carbons (Fsp3) is 0.167. The van der Waals surface area contributed by atoms with Gasteiger partial charge in [-0.2, -0.15) is 0 Å². The summed E-state index contributed by atoms with van der Waals surface area (Å²) in [6.45, 7) is 2.08. The van der Waals surface area contributed by atoms with Crippen LogP contribution in [0.5, 0.6) is 0 Å². The van der Waals surface area contributed by atoms with Crippen LogP contribution < -0.4 is 11.1 Å². The smallest absolute Gasteiger partial charge is 0.254 e. The zero-order valence-electron chi connectivity index (χ0n) is 10.0. The molecule has 0 aliphatic heterocycles. The van der Waals surface area contributed by atoms with Crippen LogP contribution in [0, 0.1) is 18.6 Å². The second-order valence-corrected chi connectivity index (χ2v) is 5.20. The van der Waals surface area contributed by atoms with Crippen LogP contribution in [0.3, 0.4) is 0 Å². The molecule has 0 unspecified atom stereocenters. The molecule has 0 saturated heterocycles. The predicted octanol–water partition coefficient (Wildman–Crippen LogP) is 2.24. The number of aryl methyl sites for hydroxylation is 1. The van der Waals surface area contributed by atoms with Crippen LogP contribution in [-0.4, -0.2) is 10.9 Å². The molecule has 2 rings (SSSR count). The van der Waals surface area contributed by atoms with E-state index in [1.165, 1.54) is 11.3 Å². The van der Waals surface area contributed by atoms with Gasteiger partial charge in [-0.3, -0.25) is 4.79 Å². The Hall–Kier alpha value is -2.02. The van der Waals surface area contributed by atoms with Gasteiger partial charge in [0.1, 0.15) is 11.6 Å². The van der Waals surface area contributed by atoms with Crippen molar-refractivity contribution in [2.24, 2.45) is 0 Å². The van der Waals surface area contributed by atoms with Gasteiger partial charge in [0.2, 0.25) is 0 Å². The molecule has 1 heterocycles. The summed E-state index contributed by atoms with van der Waals surface area (Å²) < 4.78 is 26.4. The number of carbonyl (C=O) groups excluding carboxylic acids is 1. The summed E-state index contributed by atoms with van der Waals surface area (Å²) in [6.07, 6.45) is 1.63. The Balaban J connectivity index is 2.10. The molecule has 0 spiro atoms. The van der Waals surface area contributed by atoms with Gasteiger partial charge in [-0.05, 0) is 13.0 Å². The first-order valence-electron chi connectivity index (χ1n) is 5.41. The molecule has 1 aromatic heterocycles. The lowest BCUT2D eigenvalue weighted by Crippen LogP contribution is -2.23. The summed E-state index contributed by atoms with van der Waals surface area (Å²) >= 11 is 1.43. The topological polar surface area (TPSA) is 68.0 Å². The third-order valence-corrected chi connectivity index (χ3v) is 3.34. The van der Waals surface area contributed by atoms with Gasteiger partial charge in [0.15, 0.2) is 0 Å². The van der Waals surface area contributed by atoms with Crippen molar-refractivity contribution in [3.63, 3.8) is 0 Å². The molecule has 0 atom stereocenters. The van der Waals surface area contributed by atoms with E-state index in [2.05, 4.69) is 10.3 Å². The molecule has 0 radical (unpaired) electrons. The van der Waals surface area contributed by atoms with Crippen molar-refractivity contribution in [2.45, 2.75) is 13.5 Å². The predicted molar refractivity (Wildman–Crippen MR) is 68.8 cm³/mol. The first-order valence-corrected chi connectivity index (χ1v) is 6.23. The van der Waals surface area contributed by atoms with E-state index in [1.807, 2.05) is 6.92 Å². The standard InChI is InChI=1S/C12H11F2N3OS/c1-6-16-4-7(19-6)5-17-12(18)8-2-11(15)10(14)3-9(8)13/h2-4H,5,15H2,1H3,(H,17,18). The molecule has 1 amide bonds. The molecule has 0 fully saturated rings. The Kier molecular flexibility index (Phi) is 3.75. The monoisotopic (exact) mass is 283 g/mol. The number of nitrogens with zero attached hydrogens (tertiary/aromatic N) is 1. The van der Waals surface area contributed by atoms with E-state index in [1.54, 1.807) is 6.20 Å². The lowest BCUT2D eigenvalue weighted by atomic mass is 10.1. The molecule has 3 N–H and O–H groups in total. The number of benzene rings is 1. The molecular formula is C12H11F2N3OS. The number of nitrogens with one attached hydrogen (secondary N) is 1. The van der Waals surface area contributed by atoms with Gasteiger partial charge >= 0.3 is 0 Å². The summed E-state index contributed by atoms with van der Waals surface area (Å²) in [5.74, 6) is -2.47. The zero-order valence-corrected chi connectivity index (χ0v) is 10.9. The summed E-state index contributed by atoms with van der Waals surface area (Å²) in [7, 11) is 0. The minimum Gasteiger partial charge on any atom is -0.396 e. The Morgan fingerprint density at radius 3 is 2.79 bits per heavy atom. The first kappa shape index (κ1) is 13.4. The van der Waals surface area contributed by atoms with E-state index < -0.39 is 17.5 Å². The highest BCUT2D eigenvalue weighted by Gasteiger charge is 2.15. The molecular weight excluding hydrogens is 272 g/mol. The van der Waals surface area contributed by atoms with Crippen LogP contribution in [0.1, 0.15) is 20.2 Å². The largest absolute Gasteiger partial charge is 0.396 e. The van der Waals surface area contributed by atoms with Crippen molar-refractivity contribution in [1.29, 1.82) is 0 Å². The lowest BCUT2D eigenvalue weighted by molar-refractivity contribution is 0.0947. The highest BCUT2D eigenvalue weighted by molar-refractivity contribution is 7.11. The third kappa shape index (κ3) is 3.05. The minimum atomic E-state index is -0.940. The molecule has 0 bridgehead atoms. The van der Waals surface area contributed by atoms with Crippen molar-refractivity contribution >= 4 is 22.9 Å². The van der Waals surface area contributed by atoms with Crippen LogP contribution in [0.15, 0.2) is 18.3 Å². The molecule has 0 aliphatic rings. The Labute approximate surface area is 112 Å². The summed E-state index contributed by atoms with van der Waals surface area (Å²) in [5, 5.41) is 3.41. The zero-order chi connectivity index (χ0) is 14.0. The number of aromatic nitrogens is 1. The number of nitrogen functional groups attached to an aromatic ring is 1. The number of carbonyl (C=O) groups is 1. The van der Waals surface area contributed by atoms with Gasteiger partial charge in [-0.1, -0.05) is 0 Å². The van der Waals surface area contributed by atoms with E-state index in [4.69, 9.17) is 5.73 Å². The van der Waals surface area contributed by atoms with Crippen molar-refractivity contribution in [3.05, 3.63) is 45.4 Å². The average molecular weight is 283 g/mol. The van der Waals surface area contributed by atoms with Crippen LogP contribution >= 0.6 is 11.3 Å². The van der Waals surface area contributed by atoms with E-state index in [9.17, 15) is 13.6 Å². The number of amides is 1. The average Bonchev–Trinajstić information content (AvgIpc) is 2.77. The number of anilines is 1. The second kappa shape index (κ2) is 5.31. The molecule has 7 heteroatoms. The molecule has 4 nitrogen and oxygen atoms in total. The highest BCUT2D eigenvalue weighted by Crippen LogP contribution is 2.17. The van der Waals surface area contributed by atoms with E-state index in [-0.39, 0.29) is 17.8 Å². The highest BCUT2D eigenvalue weighted by atomic mass is 32.1. The number of hydrogen-bond acceptors (Lipinski definition) is 4. The van der Waals surface area contributed by atoms with Crippen LogP contribution in [-0.2, 0) is 6.54 Å². The summed E-state index contributed by atoms with van der Waals surface area (Å²) in [4.78, 5) is 16.6. The number of thiazole rings is 1. The molecule has 2 aromatic rings. The Morgan fingerprint density at radius 2 is 2.16 bits per heavy atom. The maximum absolute atomic E-state index is 13.4. The van der Waals surface area contributed by atoms with Crippen molar-refractivity contribution < 1.29 is 13.6 Å². The molecule has 19 heavy (non-hydrogen) atoms. The number of nitrogens with two attached hydrogens (primary N) is 1. The van der Waals surface area contributed by atoms with Gasteiger partial charge in [0.05, 0.1) is 22.8 Å². The fourth-order valence-electron chi connectivity index (χ4n) is 1.49. The van der Waals surface area contributed by atoms with E-state index in [0.29, 0.717) is 6.07 Å². The summed E-state index contributed by atoms with van der Waals surface area (Å²) in [5.41, 5.74) is 4.77. The quantitative estimate of drug-likeness (QED) is 0.849. The molecule has 0 saturated carbocycles. The van der Waals surface area contributed by atoms with Gasteiger partial charge in [0.25, 0.3) is 5.91 Å². The van der Waals surface area contributed by atoms with E-state index in [0.717, 1.165) is 16.0 Å². The van der Waals surface area contributed by atoms with Gasteiger partial charge < -0.3 is 11.1 Å². The first-order chi connectivity index (χ1) is 8.97. The van der Waals surface area contributed by atoms with E-state index >= 15 is 0 Å². The SMILES string of the molecule is Cc1ncc(CNC(=O)c2cc(N)c(F)cc2F)s1. The van der Waals surface area contributed by atoms with Crippen molar-refractivity contribution in [2.75, 3.05) is 5.73 Å². The molecule has 1 aromatic carbocycles. The minimum absolute atomic E-state index is 0.237. The maximum Gasteiger partial charge on any atom is 0.254 e. The second-order valence-electron chi connectivity index (χ2n) is 3.88. The van der Waals surface area contributed by atoms with Gasteiger partial charge in [-0.15, -0.1) is 11.3 Å². The Morgan fingerprint density at radius 1 is 1.42 bits per heavy atom. The van der Waals surface area contributed by atoms with Gasteiger partial charge in [0, 0.05) is 17.1 Å². The number of halogens is 2. The lowest BCUT2D eigenvalue weighted by Gasteiger charge is -2.06.